The number of hydrogen-bond acceptors (Lipinski definition) is 3. The Morgan fingerprint density at radius 3 is 2.74 bits per heavy atom. The SMILES string of the molecule is COc1ccc2c(c1)C(O)(c1c[nH]c3ccccc13)C(=O)N2C. The predicted molar refractivity (Wildman–Crippen MR) is 87.7 cm³/mol. The van der Waals surface area contributed by atoms with Crippen molar-refractivity contribution >= 4 is 22.5 Å². The third kappa shape index (κ3) is 1.68. The highest BCUT2D eigenvalue weighted by atomic mass is 16.5. The largest absolute Gasteiger partial charge is 0.497 e. The molecule has 0 saturated heterocycles. The molecule has 0 fully saturated rings. The van der Waals surface area contributed by atoms with E-state index in [-0.39, 0.29) is 5.91 Å². The second-order valence-electron chi connectivity index (χ2n) is 5.71. The maximum absolute atomic E-state index is 12.8. The highest BCUT2D eigenvalue weighted by Gasteiger charge is 2.51. The van der Waals surface area contributed by atoms with E-state index in [4.69, 9.17) is 4.74 Å². The van der Waals surface area contributed by atoms with Crippen LogP contribution in [0.25, 0.3) is 10.9 Å². The van der Waals surface area contributed by atoms with E-state index in [2.05, 4.69) is 4.98 Å². The van der Waals surface area contributed by atoms with E-state index in [1.54, 1.807) is 38.6 Å². The predicted octanol–water partition coefficient (Wildman–Crippen LogP) is 2.39. The number of likely N-dealkylation sites (N-methyl/N-ethyl adjacent to an activating group) is 1. The number of fused-ring (bicyclic) bond motifs is 2. The molecule has 1 aliphatic heterocycles. The van der Waals surface area contributed by atoms with Crippen molar-refractivity contribution in [1.82, 2.24) is 4.98 Å². The molecule has 1 atom stereocenters. The number of hydrogen-bond donors (Lipinski definition) is 2. The van der Waals surface area contributed by atoms with Gasteiger partial charge in [0.1, 0.15) is 5.75 Å². The van der Waals surface area contributed by atoms with E-state index in [0.29, 0.717) is 22.6 Å². The summed E-state index contributed by atoms with van der Waals surface area (Å²) in [5.41, 5.74) is 0.926. The number of carbonyl (C=O) groups is 1. The third-order valence-corrected chi connectivity index (χ3v) is 4.55. The van der Waals surface area contributed by atoms with Gasteiger partial charge in [-0.15, -0.1) is 0 Å². The first-order valence-electron chi connectivity index (χ1n) is 7.33. The van der Waals surface area contributed by atoms with Gasteiger partial charge in [-0.2, -0.15) is 0 Å². The topological polar surface area (TPSA) is 65.6 Å². The van der Waals surface area contributed by atoms with Crippen LogP contribution in [0.1, 0.15) is 11.1 Å². The summed E-state index contributed by atoms with van der Waals surface area (Å²) in [7, 11) is 3.23. The molecular weight excluding hydrogens is 292 g/mol. The van der Waals surface area contributed by atoms with Crippen molar-refractivity contribution < 1.29 is 14.6 Å². The molecule has 116 valence electrons. The van der Waals surface area contributed by atoms with Crippen LogP contribution in [0.15, 0.2) is 48.7 Å². The Morgan fingerprint density at radius 2 is 1.96 bits per heavy atom. The van der Waals surface area contributed by atoms with Gasteiger partial charge in [0.15, 0.2) is 5.60 Å². The van der Waals surface area contributed by atoms with E-state index in [1.165, 1.54) is 4.90 Å². The van der Waals surface area contributed by atoms with Crippen LogP contribution in [0.4, 0.5) is 5.69 Å². The molecule has 1 unspecified atom stereocenters. The number of benzene rings is 2. The molecule has 2 aromatic carbocycles. The monoisotopic (exact) mass is 308 g/mol. The van der Waals surface area contributed by atoms with Crippen molar-refractivity contribution in [1.29, 1.82) is 0 Å². The first kappa shape index (κ1) is 13.8. The Morgan fingerprint density at radius 1 is 1.17 bits per heavy atom. The van der Waals surface area contributed by atoms with Crippen molar-refractivity contribution in [3.05, 3.63) is 59.8 Å². The Balaban J connectivity index is 2.03. The smallest absolute Gasteiger partial charge is 0.268 e. The normalized spacial score (nSPS) is 20.1. The van der Waals surface area contributed by atoms with Crippen LogP contribution in [0.3, 0.4) is 0 Å². The van der Waals surface area contributed by atoms with Gasteiger partial charge >= 0.3 is 0 Å². The van der Waals surface area contributed by atoms with Crippen molar-refractivity contribution in [2.24, 2.45) is 0 Å². The van der Waals surface area contributed by atoms with Crippen LogP contribution >= 0.6 is 0 Å². The number of nitrogens with zero attached hydrogens (tertiary/aromatic N) is 1. The molecule has 0 radical (unpaired) electrons. The molecule has 0 saturated carbocycles. The van der Waals surface area contributed by atoms with E-state index in [1.807, 2.05) is 24.3 Å². The van der Waals surface area contributed by atoms with Crippen LogP contribution in [0.2, 0.25) is 0 Å². The van der Waals surface area contributed by atoms with Crippen LogP contribution < -0.4 is 9.64 Å². The fraction of sp³-hybridized carbons (Fsp3) is 0.167. The summed E-state index contributed by atoms with van der Waals surface area (Å²) in [6.07, 6.45) is 1.70. The molecule has 2 heterocycles. The summed E-state index contributed by atoms with van der Waals surface area (Å²) in [5.74, 6) is 0.232. The number of anilines is 1. The van der Waals surface area contributed by atoms with Crippen LogP contribution in [-0.4, -0.2) is 30.2 Å². The number of ether oxygens (including phenoxy) is 1. The van der Waals surface area contributed by atoms with E-state index < -0.39 is 5.60 Å². The number of amides is 1. The number of rotatable bonds is 2. The summed E-state index contributed by atoms with van der Waals surface area (Å²) in [6, 6.07) is 12.9. The minimum Gasteiger partial charge on any atom is -0.497 e. The van der Waals surface area contributed by atoms with Crippen LogP contribution in [0, 0.1) is 0 Å². The van der Waals surface area contributed by atoms with Gasteiger partial charge in [0.05, 0.1) is 12.8 Å². The molecule has 0 aliphatic carbocycles. The number of aromatic nitrogens is 1. The Hall–Kier alpha value is -2.79. The number of methoxy groups -OCH3 is 1. The second-order valence-corrected chi connectivity index (χ2v) is 5.71. The minimum atomic E-state index is -1.72. The van der Waals surface area contributed by atoms with Gasteiger partial charge in [0, 0.05) is 35.3 Å². The zero-order valence-electron chi connectivity index (χ0n) is 12.8. The number of aliphatic hydroxyl groups is 1. The fourth-order valence-electron chi connectivity index (χ4n) is 3.32. The zero-order chi connectivity index (χ0) is 16.2. The summed E-state index contributed by atoms with van der Waals surface area (Å²) in [4.78, 5) is 17.5. The lowest BCUT2D eigenvalue weighted by Crippen LogP contribution is -2.39. The lowest BCUT2D eigenvalue weighted by Gasteiger charge is -2.21. The number of para-hydroxylation sites is 1. The van der Waals surface area contributed by atoms with Crippen molar-refractivity contribution in [2.75, 3.05) is 19.1 Å². The standard InChI is InChI=1S/C18H16N2O3/c1-20-16-8-7-11(23-2)9-13(16)18(22,17(20)21)14-10-19-15-6-4-3-5-12(14)15/h3-10,19,22H,1-2H3. The number of aromatic amines is 1. The lowest BCUT2D eigenvalue weighted by atomic mass is 9.87. The van der Waals surface area contributed by atoms with Gasteiger partial charge in [-0.1, -0.05) is 18.2 Å². The molecule has 3 aromatic rings. The number of H-pyrrole nitrogens is 1. The second kappa shape index (κ2) is 4.60. The maximum atomic E-state index is 12.8. The summed E-state index contributed by atoms with van der Waals surface area (Å²) in [6.45, 7) is 0. The summed E-state index contributed by atoms with van der Waals surface area (Å²) >= 11 is 0. The van der Waals surface area contributed by atoms with Gasteiger partial charge in [0.25, 0.3) is 5.91 Å². The molecule has 1 aromatic heterocycles. The van der Waals surface area contributed by atoms with Crippen molar-refractivity contribution in [3.63, 3.8) is 0 Å². The Bertz CT molecular complexity index is 931. The number of nitrogens with one attached hydrogen (secondary N) is 1. The molecule has 1 amide bonds. The molecule has 0 bridgehead atoms. The summed E-state index contributed by atoms with van der Waals surface area (Å²) in [5, 5.41) is 12.2. The molecule has 5 nitrogen and oxygen atoms in total. The lowest BCUT2D eigenvalue weighted by molar-refractivity contribution is -0.131. The van der Waals surface area contributed by atoms with E-state index in [9.17, 15) is 9.90 Å². The van der Waals surface area contributed by atoms with Crippen LogP contribution in [-0.2, 0) is 10.4 Å². The van der Waals surface area contributed by atoms with Gasteiger partial charge < -0.3 is 19.7 Å². The molecule has 4 rings (SSSR count). The van der Waals surface area contributed by atoms with Gasteiger partial charge in [0.2, 0.25) is 0 Å². The molecule has 1 aliphatic rings. The van der Waals surface area contributed by atoms with Gasteiger partial charge in [-0.25, -0.2) is 0 Å². The van der Waals surface area contributed by atoms with E-state index >= 15 is 0 Å². The first-order chi connectivity index (χ1) is 11.1. The average molecular weight is 308 g/mol. The first-order valence-corrected chi connectivity index (χ1v) is 7.33. The Labute approximate surface area is 133 Å². The highest BCUT2D eigenvalue weighted by Crippen LogP contribution is 2.46. The summed E-state index contributed by atoms with van der Waals surface area (Å²) < 4.78 is 5.26. The molecule has 2 N–H and O–H groups in total. The van der Waals surface area contributed by atoms with E-state index in [0.717, 1.165) is 10.9 Å². The van der Waals surface area contributed by atoms with Gasteiger partial charge in [-0.3, -0.25) is 4.79 Å². The molecule has 23 heavy (non-hydrogen) atoms. The van der Waals surface area contributed by atoms with Crippen molar-refractivity contribution in [2.45, 2.75) is 5.60 Å². The van der Waals surface area contributed by atoms with Gasteiger partial charge in [-0.05, 0) is 24.3 Å². The minimum absolute atomic E-state index is 0.370. The van der Waals surface area contributed by atoms with Crippen molar-refractivity contribution in [3.8, 4) is 5.75 Å². The average Bonchev–Trinajstić information content (AvgIpc) is 3.10. The molecule has 0 spiro atoms. The Kier molecular flexibility index (Phi) is 2.77. The number of carbonyl (C=O) groups excluding carboxylic acids is 1. The quantitative estimate of drug-likeness (QED) is 0.764. The zero-order valence-corrected chi connectivity index (χ0v) is 12.8. The highest BCUT2D eigenvalue weighted by molar-refractivity contribution is 6.10. The van der Waals surface area contributed by atoms with Crippen LogP contribution in [0.5, 0.6) is 5.75 Å². The molecular formula is C18H16N2O3. The molecule has 5 heteroatoms. The third-order valence-electron chi connectivity index (χ3n) is 4.55. The fourth-order valence-corrected chi connectivity index (χ4v) is 3.32. The maximum Gasteiger partial charge on any atom is 0.268 e.